The van der Waals surface area contributed by atoms with Gasteiger partial charge in [0.25, 0.3) is 0 Å². The smallest absolute Gasteiger partial charge is 0.417 e. The number of aliphatic hydroxyl groups excluding tert-OH is 1. The molecule has 0 saturated carbocycles. The van der Waals surface area contributed by atoms with E-state index >= 15 is 0 Å². The van der Waals surface area contributed by atoms with Crippen molar-refractivity contribution >= 4 is 5.97 Å². The van der Waals surface area contributed by atoms with Gasteiger partial charge in [0.2, 0.25) is 6.04 Å². The first-order valence-electron chi connectivity index (χ1n) is 15.0. The van der Waals surface area contributed by atoms with Crippen molar-refractivity contribution in [1.29, 1.82) is 0 Å². The highest BCUT2D eigenvalue weighted by atomic mass is 19.4. The number of rotatable bonds is 16. The molecule has 1 N–H and O–H groups in total. The van der Waals surface area contributed by atoms with Gasteiger partial charge in [0.15, 0.2) is 23.2 Å². The summed E-state index contributed by atoms with van der Waals surface area (Å²) in [5.41, 5.74) is -1.49. The van der Waals surface area contributed by atoms with Crippen molar-refractivity contribution < 1.29 is 55.3 Å². The average Bonchev–Trinajstić information content (AvgIpc) is 3.73. The van der Waals surface area contributed by atoms with Crippen molar-refractivity contribution in [2.24, 2.45) is 0 Å². The molecule has 3 heterocycles. The fraction of sp³-hybridized carbons (Fsp3) is 0.344. The Hall–Kier alpha value is -5.00. The lowest BCUT2D eigenvalue weighted by Crippen LogP contribution is -2.26. The summed E-state index contributed by atoms with van der Waals surface area (Å²) < 4.78 is 98.4. The van der Waals surface area contributed by atoms with Crippen LogP contribution in [-0.4, -0.2) is 82.2 Å². The molecule has 0 spiro atoms. The molecule has 2 aliphatic rings. The average molecular weight is 692 g/mol. The standard InChI is InChI=1S/C32H30F5N5O7/c1-2-9-47-19-6-7-20(22(15-19)32(35,36)37)24-16-27(49-41-24)29(31(44)48-14-13-46-12-11-45-10-8-43)42-18-26-25(17-38-42)39-30(40-26)21-4-3-5-23(33)28(21)34/h3-7,15-18,29,43H,2,8-14H2,1H3. The number of fused-ring (bicyclic) bond motifs is 1. The Bertz CT molecular complexity index is 1830. The van der Waals surface area contributed by atoms with Gasteiger partial charge >= 0.3 is 12.1 Å². The third kappa shape index (κ3) is 8.54. The van der Waals surface area contributed by atoms with Crippen LogP contribution in [-0.2, 0) is 25.2 Å². The van der Waals surface area contributed by atoms with Gasteiger partial charge in [-0.25, -0.2) is 28.2 Å². The molecule has 2 aromatic carbocycles. The number of ether oxygens (including phenoxy) is 4. The molecule has 3 aromatic rings. The lowest BCUT2D eigenvalue weighted by molar-refractivity contribution is -0.149. The second-order valence-corrected chi connectivity index (χ2v) is 10.4. The van der Waals surface area contributed by atoms with E-state index in [4.69, 9.17) is 28.6 Å². The van der Waals surface area contributed by atoms with Gasteiger partial charge in [-0.1, -0.05) is 18.1 Å². The monoisotopic (exact) mass is 691 g/mol. The zero-order chi connectivity index (χ0) is 35.0. The summed E-state index contributed by atoms with van der Waals surface area (Å²) in [5.74, 6) is -3.53. The van der Waals surface area contributed by atoms with Crippen LogP contribution < -0.4 is 4.74 Å². The lowest BCUT2D eigenvalue weighted by atomic mass is 10.0. The van der Waals surface area contributed by atoms with Crippen LogP contribution in [0, 0.1) is 11.6 Å². The molecular formula is C32H30F5N5O7. The maximum Gasteiger partial charge on any atom is 0.417 e. The van der Waals surface area contributed by atoms with Gasteiger partial charge in [-0.2, -0.15) is 18.3 Å². The highest BCUT2D eigenvalue weighted by molar-refractivity contribution is 5.78. The summed E-state index contributed by atoms with van der Waals surface area (Å²) in [5, 5.41) is 16.8. The van der Waals surface area contributed by atoms with E-state index in [9.17, 15) is 26.7 Å². The Kier molecular flexibility index (Phi) is 11.5. The summed E-state index contributed by atoms with van der Waals surface area (Å²) in [6.45, 7) is 2.14. The fourth-order valence-electron chi connectivity index (χ4n) is 4.63. The summed E-state index contributed by atoms with van der Waals surface area (Å²) in [6.07, 6.45) is -1.70. The van der Waals surface area contributed by atoms with Gasteiger partial charge < -0.3 is 28.6 Å². The van der Waals surface area contributed by atoms with Crippen LogP contribution in [0.1, 0.15) is 30.7 Å². The third-order valence-electron chi connectivity index (χ3n) is 6.89. The number of benzene rings is 2. The summed E-state index contributed by atoms with van der Waals surface area (Å²) in [6, 6.07) is 6.58. The normalized spacial score (nSPS) is 12.4. The molecule has 0 bridgehead atoms. The molecule has 0 radical (unpaired) electrons. The minimum absolute atomic E-state index is 0.0200. The first kappa shape index (κ1) is 35.3. The zero-order valence-corrected chi connectivity index (χ0v) is 26.0. The lowest BCUT2D eigenvalue weighted by Gasteiger charge is -2.16. The van der Waals surface area contributed by atoms with Crippen LogP contribution in [0.4, 0.5) is 22.0 Å². The van der Waals surface area contributed by atoms with E-state index in [-0.39, 0.29) is 91.8 Å². The molecule has 0 amide bonds. The van der Waals surface area contributed by atoms with Crippen LogP contribution in [0.15, 0.2) is 59.4 Å². The summed E-state index contributed by atoms with van der Waals surface area (Å²) in [4.78, 5) is 21.9. The number of halogens is 5. The number of hydrogen-bond donors (Lipinski definition) is 1. The number of hydrogen-bond acceptors (Lipinski definition) is 11. The molecule has 5 rings (SSSR count). The number of carbonyl (C=O) groups is 1. The summed E-state index contributed by atoms with van der Waals surface area (Å²) >= 11 is 0. The fourth-order valence-corrected chi connectivity index (χ4v) is 4.63. The molecule has 17 heteroatoms. The topological polar surface area (TPSA) is 144 Å². The molecular weight excluding hydrogens is 661 g/mol. The Morgan fingerprint density at radius 3 is 2.45 bits per heavy atom. The molecule has 0 aliphatic carbocycles. The van der Waals surface area contributed by atoms with Gasteiger partial charge in [-0.05, 0) is 36.8 Å². The predicted octanol–water partition coefficient (Wildman–Crippen LogP) is 5.34. The molecule has 0 fully saturated rings. The van der Waals surface area contributed by atoms with Crippen LogP contribution >= 0.6 is 0 Å². The van der Waals surface area contributed by atoms with Crippen LogP contribution in [0.3, 0.4) is 0 Å². The van der Waals surface area contributed by atoms with E-state index in [0.29, 0.717) is 6.42 Å². The van der Waals surface area contributed by atoms with Crippen molar-refractivity contribution in [2.75, 3.05) is 46.2 Å². The van der Waals surface area contributed by atoms with Gasteiger partial charge in [-0.3, -0.25) is 0 Å². The number of esters is 1. The first-order valence-corrected chi connectivity index (χ1v) is 15.0. The quantitative estimate of drug-likeness (QED) is 0.0813. The second-order valence-electron chi connectivity index (χ2n) is 10.4. The van der Waals surface area contributed by atoms with Crippen molar-refractivity contribution in [3.63, 3.8) is 0 Å². The van der Waals surface area contributed by atoms with E-state index in [0.717, 1.165) is 22.9 Å². The van der Waals surface area contributed by atoms with Gasteiger partial charge in [0.05, 0.1) is 63.2 Å². The van der Waals surface area contributed by atoms with Gasteiger partial charge in [0.1, 0.15) is 29.4 Å². The van der Waals surface area contributed by atoms with Crippen molar-refractivity contribution in [3.8, 4) is 39.8 Å². The van der Waals surface area contributed by atoms with Crippen LogP contribution in [0.25, 0.3) is 34.0 Å². The number of imidazole rings is 1. The largest absolute Gasteiger partial charge is 0.494 e. The third-order valence-corrected chi connectivity index (χ3v) is 6.89. The number of aliphatic hydroxyl groups is 1. The van der Waals surface area contributed by atoms with Crippen molar-refractivity contribution in [2.45, 2.75) is 25.6 Å². The van der Waals surface area contributed by atoms with Gasteiger partial charge in [0, 0.05) is 11.6 Å². The molecule has 0 saturated heterocycles. The van der Waals surface area contributed by atoms with Crippen molar-refractivity contribution in [1.82, 2.24) is 24.9 Å². The van der Waals surface area contributed by atoms with Crippen molar-refractivity contribution in [3.05, 3.63) is 77.8 Å². The maximum atomic E-state index is 14.5. The molecule has 1 aromatic heterocycles. The molecule has 2 aliphatic heterocycles. The van der Waals surface area contributed by atoms with E-state index in [2.05, 4.69) is 20.2 Å². The number of carbonyl (C=O) groups excluding carboxylic acids is 1. The van der Waals surface area contributed by atoms with Gasteiger partial charge in [-0.15, -0.1) is 0 Å². The minimum Gasteiger partial charge on any atom is -0.494 e. The zero-order valence-electron chi connectivity index (χ0n) is 26.0. The molecule has 12 nitrogen and oxygen atoms in total. The Balaban J connectivity index is 1.46. The molecule has 1 atom stereocenters. The van der Waals surface area contributed by atoms with Crippen LogP contribution in [0.5, 0.6) is 5.75 Å². The maximum absolute atomic E-state index is 14.5. The first-order chi connectivity index (χ1) is 23.6. The number of alkyl halides is 3. The van der Waals surface area contributed by atoms with Crippen LogP contribution in [0.2, 0.25) is 0 Å². The molecule has 260 valence electrons. The number of aromatic nitrogens is 5. The van der Waals surface area contributed by atoms with E-state index < -0.39 is 35.4 Å². The minimum atomic E-state index is -4.78. The molecule has 49 heavy (non-hydrogen) atoms. The SMILES string of the molecule is CCCOc1ccc(-c2cc(C(C(=O)OCCOCCOCCO)n3cc4nc(-c5cccc(F)c5F)nc-4cn3)on2)c(C(F)(F)F)c1. The predicted molar refractivity (Wildman–Crippen MR) is 160 cm³/mol. The van der Waals surface area contributed by atoms with E-state index in [1.54, 1.807) is 0 Å². The summed E-state index contributed by atoms with van der Waals surface area (Å²) in [7, 11) is 0. The Morgan fingerprint density at radius 2 is 1.69 bits per heavy atom. The van der Waals surface area contributed by atoms with E-state index in [1.807, 2.05) is 6.92 Å². The Morgan fingerprint density at radius 1 is 0.939 bits per heavy atom. The highest BCUT2D eigenvalue weighted by Gasteiger charge is 2.36. The highest BCUT2D eigenvalue weighted by Crippen LogP contribution is 2.40. The molecule has 1 unspecified atom stereocenters. The van der Waals surface area contributed by atoms with E-state index in [1.165, 1.54) is 36.7 Å². The number of nitrogens with zero attached hydrogens (tertiary/aromatic N) is 5. The second kappa shape index (κ2) is 15.9. The Labute approximate surface area is 275 Å².